The van der Waals surface area contributed by atoms with Crippen LogP contribution >= 0.6 is 22.9 Å². The molecule has 0 N–H and O–H groups in total. The molecule has 0 atom stereocenters. The first kappa shape index (κ1) is 21.2. The van der Waals surface area contributed by atoms with Crippen molar-refractivity contribution in [3.63, 3.8) is 0 Å². The molecule has 1 aromatic heterocycles. The Balaban J connectivity index is 1.24. The Morgan fingerprint density at radius 1 is 0.967 bits per heavy atom. The Bertz CT molecular complexity index is 872. The van der Waals surface area contributed by atoms with Gasteiger partial charge in [-0.25, -0.2) is 0 Å². The summed E-state index contributed by atoms with van der Waals surface area (Å²) < 4.78 is 0. The molecular weight excluding hydrogens is 420 g/mol. The molecule has 30 heavy (non-hydrogen) atoms. The van der Waals surface area contributed by atoms with Crippen LogP contribution in [0.25, 0.3) is 0 Å². The molecule has 0 unspecified atom stereocenters. The SMILES string of the molecule is O=C(CCC(=O)N1CCN(c2nnc(C3CCCCC3)s2)CC1)c1ccc(Cl)cc1. The number of carbonyl (C=O) groups excluding carboxylic acids is 2. The maximum atomic E-state index is 12.6. The summed E-state index contributed by atoms with van der Waals surface area (Å²) in [6.45, 7) is 2.84. The molecule has 0 bridgehead atoms. The highest BCUT2D eigenvalue weighted by Gasteiger charge is 2.25. The second-order valence-electron chi connectivity index (χ2n) is 8.06. The number of anilines is 1. The summed E-state index contributed by atoms with van der Waals surface area (Å²) in [7, 11) is 0. The van der Waals surface area contributed by atoms with Crippen LogP contribution in [-0.4, -0.2) is 53.0 Å². The zero-order valence-electron chi connectivity index (χ0n) is 17.1. The van der Waals surface area contributed by atoms with Gasteiger partial charge < -0.3 is 9.80 Å². The molecule has 6 nitrogen and oxygen atoms in total. The van der Waals surface area contributed by atoms with Gasteiger partial charge in [0.25, 0.3) is 0 Å². The summed E-state index contributed by atoms with van der Waals surface area (Å²) in [4.78, 5) is 28.9. The lowest BCUT2D eigenvalue weighted by Crippen LogP contribution is -2.48. The Morgan fingerprint density at radius 2 is 1.67 bits per heavy atom. The summed E-state index contributed by atoms with van der Waals surface area (Å²) in [6, 6.07) is 6.81. The predicted octanol–water partition coefficient (Wildman–Crippen LogP) is 4.55. The number of Topliss-reactive ketones (excluding diaryl/α,β-unsaturated/α-hetero) is 1. The van der Waals surface area contributed by atoms with Crippen molar-refractivity contribution < 1.29 is 9.59 Å². The van der Waals surface area contributed by atoms with Crippen molar-refractivity contribution in [2.75, 3.05) is 31.1 Å². The standard InChI is InChI=1S/C22H27ClN4O2S/c23-18-8-6-16(7-9-18)19(28)10-11-20(29)26-12-14-27(15-13-26)22-25-24-21(30-22)17-4-2-1-3-5-17/h6-9,17H,1-5,10-15H2. The van der Waals surface area contributed by atoms with Gasteiger partial charge in [-0.15, -0.1) is 10.2 Å². The van der Waals surface area contributed by atoms with E-state index in [1.807, 2.05) is 4.90 Å². The zero-order valence-corrected chi connectivity index (χ0v) is 18.6. The fourth-order valence-electron chi connectivity index (χ4n) is 4.17. The van der Waals surface area contributed by atoms with E-state index in [4.69, 9.17) is 11.6 Å². The van der Waals surface area contributed by atoms with Crippen LogP contribution < -0.4 is 4.90 Å². The van der Waals surface area contributed by atoms with E-state index in [-0.39, 0.29) is 24.5 Å². The van der Waals surface area contributed by atoms with Crippen LogP contribution in [0.3, 0.4) is 0 Å². The average Bonchev–Trinajstić information content (AvgIpc) is 3.29. The van der Waals surface area contributed by atoms with Gasteiger partial charge in [0.05, 0.1) is 0 Å². The number of benzene rings is 1. The number of carbonyl (C=O) groups is 2. The van der Waals surface area contributed by atoms with Crippen molar-refractivity contribution in [2.45, 2.75) is 50.9 Å². The van der Waals surface area contributed by atoms with E-state index < -0.39 is 0 Å². The lowest BCUT2D eigenvalue weighted by atomic mass is 9.90. The van der Waals surface area contributed by atoms with Gasteiger partial charge in [-0.3, -0.25) is 9.59 Å². The van der Waals surface area contributed by atoms with E-state index in [1.165, 1.54) is 37.1 Å². The number of hydrogen-bond donors (Lipinski definition) is 0. The van der Waals surface area contributed by atoms with Crippen LogP contribution in [0.5, 0.6) is 0 Å². The van der Waals surface area contributed by atoms with Crippen LogP contribution in [0.15, 0.2) is 24.3 Å². The van der Waals surface area contributed by atoms with Gasteiger partial charge in [-0.1, -0.05) is 42.2 Å². The number of amides is 1. The summed E-state index contributed by atoms with van der Waals surface area (Å²) in [5.74, 6) is 0.589. The molecule has 1 saturated carbocycles. The van der Waals surface area contributed by atoms with Crippen LogP contribution in [0.2, 0.25) is 5.02 Å². The third-order valence-electron chi connectivity index (χ3n) is 6.02. The van der Waals surface area contributed by atoms with Crippen molar-refractivity contribution in [1.29, 1.82) is 0 Å². The Hall–Kier alpha value is -1.99. The molecule has 4 rings (SSSR count). The quantitative estimate of drug-likeness (QED) is 0.609. The van der Waals surface area contributed by atoms with Gasteiger partial charge in [0, 0.05) is 55.5 Å². The molecule has 1 aromatic carbocycles. The molecular formula is C22H27ClN4O2S. The number of rotatable bonds is 6. The highest BCUT2D eigenvalue weighted by molar-refractivity contribution is 7.15. The fraction of sp³-hybridized carbons (Fsp3) is 0.545. The molecule has 0 spiro atoms. The molecule has 160 valence electrons. The lowest BCUT2D eigenvalue weighted by Gasteiger charge is -2.34. The Labute approximate surface area is 186 Å². The number of nitrogens with zero attached hydrogens (tertiary/aromatic N) is 4. The van der Waals surface area contributed by atoms with E-state index in [0.29, 0.717) is 29.6 Å². The molecule has 2 aliphatic rings. The third-order valence-corrected chi connectivity index (χ3v) is 7.42. The van der Waals surface area contributed by atoms with Gasteiger partial charge in [-0.05, 0) is 37.1 Å². The maximum absolute atomic E-state index is 12.6. The minimum absolute atomic E-state index is 0.0252. The minimum atomic E-state index is -0.0252. The molecule has 8 heteroatoms. The van der Waals surface area contributed by atoms with Crippen LogP contribution in [0.4, 0.5) is 5.13 Å². The van der Waals surface area contributed by atoms with E-state index in [0.717, 1.165) is 18.2 Å². The molecule has 1 amide bonds. The van der Waals surface area contributed by atoms with E-state index >= 15 is 0 Å². The highest BCUT2D eigenvalue weighted by Crippen LogP contribution is 2.36. The maximum Gasteiger partial charge on any atom is 0.223 e. The van der Waals surface area contributed by atoms with E-state index in [9.17, 15) is 9.59 Å². The normalized spacial score (nSPS) is 17.9. The van der Waals surface area contributed by atoms with Crippen molar-refractivity contribution in [2.24, 2.45) is 0 Å². The minimum Gasteiger partial charge on any atom is -0.343 e. The number of ketones is 1. The molecule has 2 aromatic rings. The average molecular weight is 447 g/mol. The number of piperazine rings is 1. The smallest absolute Gasteiger partial charge is 0.223 e. The van der Waals surface area contributed by atoms with Crippen LogP contribution in [0.1, 0.15) is 66.2 Å². The van der Waals surface area contributed by atoms with Gasteiger partial charge >= 0.3 is 0 Å². The first-order valence-electron chi connectivity index (χ1n) is 10.7. The summed E-state index contributed by atoms with van der Waals surface area (Å²) in [5.41, 5.74) is 0.599. The number of aromatic nitrogens is 2. The van der Waals surface area contributed by atoms with Gasteiger partial charge in [0.1, 0.15) is 5.01 Å². The Kier molecular flexibility index (Phi) is 7.00. The molecule has 1 aliphatic carbocycles. The lowest BCUT2D eigenvalue weighted by molar-refractivity contribution is -0.131. The molecule has 1 aliphatic heterocycles. The van der Waals surface area contributed by atoms with E-state index in [2.05, 4.69) is 15.1 Å². The summed E-state index contributed by atoms with van der Waals surface area (Å²) in [6.07, 6.45) is 6.84. The largest absolute Gasteiger partial charge is 0.343 e. The van der Waals surface area contributed by atoms with Crippen molar-refractivity contribution in [3.8, 4) is 0 Å². The van der Waals surface area contributed by atoms with Gasteiger partial charge in [-0.2, -0.15) is 0 Å². The summed E-state index contributed by atoms with van der Waals surface area (Å²) >= 11 is 7.57. The number of halogens is 1. The molecule has 0 radical (unpaired) electrons. The number of hydrogen-bond acceptors (Lipinski definition) is 6. The van der Waals surface area contributed by atoms with Gasteiger partial charge in [0.2, 0.25) is 11.0 Å². The molecule has 1 saturated heterocycles. The predicted molar refractivity (Wildman–Crippen MR) is 120 cm³/mol. The van der Waals surface area contributed by atoms with Crippen molar-refractivity contribution in [3.05, 3.63) is 39.9 Å². The monoisotopic (exact) mass is 446 g/mol. The van der Waals surface area contributed by atoms with Crippen LogP contribution in [-0.2, 0) is 4.79 Å². The topological polar surface area (TPSA) is 66.4 Å². The zero-order chi connectivity index (χ0) is 20.9. The highest BCUT2D eigenvalue weighted by atomic mass is 35.5. The fourth-order valence-corrected chi connectivity index (χ4v) is 5.36. The molecule has 2 fully saturated rings. The van der Waals surface area contributed by atoms with Crippen molar-refractivity contribution >= 4 is 39.8 Å². The Morgan fingerprint density at radius 3 is 2.37 bits per heavy atom. The second-order valence-corrected chi connectivity index (χ2v) is 9.48. The summed E-state index contributed by atoms with van der Waals surface area (Å²) in [5, 5.41) is 11.6. The third kappa shape index (κ3) is 5.19. The molecule has 2 heterocycles. The first-order chi connectivity index (χ1) is 14.6. The second kappa shape index (κ2) is 9.88. The van der Waals surface area contributed by atoms with Crippen LogP contribution in [0, 0.1) is 0 Å². The van der Waals surface area contributed by atoms with E-state index in [1.54, 1.807) is 35.6 Å². The van der Waals surface area contributed by atoms with Crippen molar-refractivity contribution in [1.82, 2.24) is 15.1 Å². The van der Waals surface area contributed by atoms with Gasteiger partial charge in [0.15, 0.2) is 5.78 Å². The first-order valence-corrected chi connectivity index (χ1v) is 11.9.